The van der Waals surface area contributed by atoms with E-state index in [2.05, 4.69) is 5.16 Å². The normalized spacial score (nSPS) is 18.1. The van der Waals surface area contributed by atoms with Gasteiger partial charge in [-0.25, -0.2) is 4.39 Å². The molecule has 1 N–H and O–H groups in total. The second kappa shape index (κ2) is 7.47. The summed E-state index contributed by atoms with van der Waals surface area (Å²) >= 11 is 0. The largest absolute Gasteiger partial charge is 0.507 e. The van der Waals surface area contributed by atoms with Crippen LogP contribution >= 0.6 is 0 Å². The quantitative estimate of drug-likeness (QED) is 0.401. The van der Waals surface area contributed by atoms with Gasteiger partial charge < -0.3 is 14.4 Å². The van der Waals surface area contributed by atoms with Crippen molar-refractivity contribution in [3.8, 4) is 5.75 Å². The lowest BCUT2D eigenvalue weighted by Crippen LogP contribution is -2.29. The molecule has 30 heavy (non-hydrogen) atoms. The number of hydrogen-bond acceptors (Lipinski definition) is 6. The Bertz CT molecular complexity index is 1150. The minimum Gasteiger partial charge on any atom is -0.507 e. The molecule has 0 unspecified atom stereocenters. The number of halogens is 1. The van der Waals surface area contributed by atoms with Crippen LogP contribution in [0.2, 0.25) is 0 Å². The van der Waals surface area contributed by atoms with Crippen LogP contribution in [0.3, 0.4) is 0 Å². The third-order valence-electron chi connectivity index (χ3n) is 4.86. The topological polar surface area (TPSA) is 92.9 Å². The highest BCUT2D eigenvalue weighted by Crippen LogP contribution is 2.42. The molecule has 0 spiro atoms. The van der Waals surface area contributed by atoms with Crippen LogP contribution in [-0.2, 0) is 9.59 Å². The summed E-state index contributed by atoms with van der Waals surface area (Å²) in [6.07, 6.45) is 0. The summed E-state index contributed by atoms with van der Waals surface area (Å²) in [7, 11) is 1.51. The molecule has 1 aromatic heterocycles. The number of aromatic nitrogens is 1. The van der Waals surface area contributed by atoms with Gasteiger partial charge >= 0.3 is 5.91 Å². The lowest BCUT2D eigenvalue weighted by molar-refractivity contribution is -0.132. The van der Waals surface area contributed by atoms with Crippen molar-refractivity contribution in [2.45, 2.75) is 13.0 Å². The van der Waals surface area contributed by atoms with Gasteiger partial charge in [0.25, 0.3) is 5.78 Å². The Morgan fingerprint density at radius 1 is 1.13 bits per heavy atom. The van der Waals surface area contributed by atoms with Crippen molar-refractivity contribution in [2.24, 2.45) is 0 Å². The monoisotopic (exact) mass is 408 g/mol. The molecule has 2 heterocycles. The second-order valence-electron chi connectivity index (χ2n) is 6.74. The number of Topliss-reactive ketones (excluding diaryl/α,β-unsaturated/α-hetero) is 1. The maximum absolute atomic E-state index is 13.5. The number of rotatable bonds is 4. The van der Waals surface area contributed by atoms with E-state index in [-0.39, 0.29) is 17.2 Å². The van der Waals surface area contributed by atoms with E-state index in [4.69, 9.17) is 9.26 Å². The zero-order chi connectivity index (χ0) is 21.4. The minimum atomic E-state index is -1.00. The van der Waals surface area contributed by atoms with Gasteiger partial charge in [-0.05, 0) is 48.9 Å². The number of ketones is 1. The molecule has 0 radical (unpaired) electrons. The highest BCUT2D eigenvalue weighted by molar-refractivity contribution is 6.51. The average molecular weight is 408 g/mol. The van der Waals surface area contributed by atoms with E-state index in [1.54, 1.807) is 31.2 Å². The predicted molar refractivity (Wildman–Crippen MR) is 105 cm³/mol. The highest BCUT2D eigenvalue weighted by atomic mass is 19.1. The van der Waals surface area contributed by atoms with E-state index < -0.39 is 23.5 Å². The van der Waals surface area contributed by atoms with Gasteiger partial charge in [-0.1, -0.05) is 17.3 Å². The molecule has 1 fully saturated rings. The third kappa shape index (κ3) is 3.22. The van der Waals surface area contributed by atoms with Gasteiger partial charge in [-0.2, -0.15) is 0 Å². The van der Waals surface area contributed by atoms with Crippen molar-refractivity contribution in [1.82, 2.24) is 5.16 Å². The van der Waals surface area contributed by atoms with Crippen LogP contribution in [0.5, 0.6) is 5.75 Å². The maximum atomic E-state index is 13.5. The van der Waals surface area contributed by atoms with Gasteiger partial charge in [-0.3, -0.25) is 14.5 Å². The van der Waals surface area contributed by atoms with E-state index in [0.29, 0.717) is 22.6 Å². The zero-order valence-electron chi connectivity index (χ0n) is 16.1. The molecule has 1 atom stereocenters. The van der Waals surface area contributed by atoms with E-state index in [0.717, 1.165) is 4.90 Å². The maximum Gasteiger partial charge on any atom is 0.301 e. The Kier molecular flexibility index (Phi) is 4.83. The first-order chi connectivity index (χ1) is 14.4. The second-order valence-corrected chi connectivity index (χ2v) is 6.74. The molecular weight excluding hydrogens is 391 g/mol. The van der Waals surface area contributed by atoms with Crippen LogP contribution in [0.1, 0.15) is 22.9 Å². The van der Waals surface area contributed by atoms with Crippen molar-refractivity contribution in [1.29, 1.82) is 0 Å². The first kappa shape index (κ1) is 19.4. The number of aliphatic hydroxyl groups is 1. The number of carbonyl (C=O) groups excluding carboxylic acids is 2. The summed E-state index contributed by atoms with van der Waals surface area (Å²) in [4.78, 5) is 26.9. The van der Waals surface area contributed by atoms with E-state index >= 15 is 0 Å². The molecule has 0 aliphatic carbocycles. The molecule has 0 bridgehead atoms. The fourth-order valence-electron chi connectivity index (χ4n) is 3.40. The predicted octanol–water partition coefficient (Wildman–Crippen LogP) is 3.76. The number of nitrogens with zero attached hydrogens (tertiary/aromatic N) is 2. The summed E-state index contributed by atoms with van der Waals surface area (Å²) in [5, 5.41) is 14.8. The van der Waals surface area contributed by atoms with Gasteiger partial charge in [0.15, 0.2) is 5.82 Å². The zero-order valence-corrected chi connectivity index (χ0v) is 16.1. The molecule has 7 nitrogen and oxygen atoms in total. The van der Waals surface area contributed by atoms with Crippen LogP contribution in [0.25, 0.3) is 5.76 Å². The number of anilines is 1. The van der Waals surface area contributed by atoms with Gasteiger partial charge in [0.2, 0.25) is 0 Å². The smallest absolute Gasteiger partial charge is 0.301 e. The van der Waals surface area contributed by atoms with Crippen molar-refractivity contribution in [3.63, 3.8) is 0 Å². The first-order valence-electron chi connectivity index (χ1n) is 9.05. The SMILES string of the molecule is COc1ccc(/C(O)=C2\C(=O)C(=O)N(c3cc(C)on3)[C@H]2c2ccc(F)cc2)cc1. The van der Waals surface area contributed by atoms with Crippen LogP contribution in [0.15, 0.2) is 64.7 Å². The Balaban J connectivity index is 1.91. The number of benzene rings is 2. The number of amides is 1. The lowest BCUT2D eigenvalue weighted by Gasteiger charge is -2.22. The highest BCUT2D eigenvalue weighted by Gasteiger charge is 2.48. The number of aliphatic hydroxyl groups excluding tert-OH is 1. The molecule has 1 aliphatic heterocycles. The van der Waals surface area contributed by atoms with Crippen molar-refractivity contribution >= 4 is 23.3 Å². The summed E-state index contributed by atoms with van der Waals surface area (Å²) in [6.45, 7) is 1.65. The van der Waals surface area contributed by atoms with E-state index in [1.807, 2.05) is 0 Å². The fraction of sp³-hybridized carbons (Fsp3) is 0.136. The molecule has 152 valence electrons. The molecular formula is C22H17FN2O5. The Morgan fingerprint density at radius 2 is 1.80 bits per heavy atom. The van der Waals surface area contributed by atoms with Gasteiger partial charge in [-0.15, -0.1) is 0 Å². The van der Waals surface area contributed by atoms with Crippen LogP contribution in [0.4, 0.5) is 10.2 Å². The average Bonchev–Trinajstić information content (AvgIpc) is 3.29. The Morgan fingerprint density at radius 3 is 2.37 bits per heavy atom. The molecule has 0 saturated carbocycles. The van der Waals surface area contributed by atoms with Crippen molar-refractivity contribution < 1.29 is 28.3 Å². The number of hydrogen-bond donors (Lipinski definition) is 1. The van der Waals surface area contributed by atoms with Crippen LogP contribution in [0, 0.1) is 12.7 Å². The van der Waals surface area contributed by atoms with E-state index in [1.165, 1.54) is 37.4 Å². The van der Waals surface area contributed by atoms with Gasteiger partial charge in [0, 0.05) is 11.6 Å². The first-order valence-corrected chi connectivity index (χ1v) is 9.05. The summed E-state index contributed by atoms with van der Waals surface area (Å²) in [6, 6.07) is 12.2. The number of carbonyl (C=O) groups is 2. The third-order valence-corrected chi connectivity index (χ3v) is 4.86. The molecule has 1 aliphatic rings. The number of ether oxygens (including phenoxy) is 1. The van der Waals surface area contributed by atoms with E-state index in [9.17, 15) is 19.1 Å². The standard InChI is InChI=1S/C22H17FN2O5/c1-12-11-17(24-30-12)25-19(13-3-7-15(23)8-4-13)18(21(27)22(25)28)20(26)14-5-9-16(29-2)10-6-14/h3-11,19,26H,1-2H3/b20-18+/t19-/m0/s1. The minimum absolute atomic E-state index is 0.123. The Labute approximate surface area is 171 Å². The molecule has 4 rings (SSSR count). The Hall–Kier alpha value is -3.94. The van der Waals surface area contributed by atoms with Crippen molar-refractivity contribution in [3.05, 3.63) is 82.9 Å². The summed E-state index contributed by atoms with van der Waals surface area (Å²) < 4.78 is 23.7. The molecule has 8 heteroatoms. The van der Waals surface area contributed by atoms with Gasteiger partial charge in [0.05, 0.1) is 18.7 Å². The molecule has 2 aromatic carbocycles. The number of methoxy groups -OCH3 is 1. The van der Waals surface area contributed by atoms with Crippen LogP contribution in [-0.4, -0.2) is 29.1 Å². The lowest BCUT2D eigenvalue weighted by atomic mass is 9.95. The molecule has 1 saturated heterocycles. The van der Waals surface area contributed by atoms with Gasteiger partial charge in [0.1, 0.15) is 23.1 Å². The van der Waals surface area contributed by atoms with Crippen LogP contribution < -0.4 is 9.64 Å². The fourth-order valence-corrected chi connectivity index (χ4v) is 3.40. The molecule has 3 aromatic rings. The summed E-state index contributed by atoms with van der Waals surface area (Å²) in [5.41, 5.74) is 0.640. The number of aryl methyl sites for hydroxylation is 1. The molecule has 1 amide bonds. The summed E-state index contributed by atoms with van der Waals surface area (Å²) in [5.74, 6) is -1.43. The van der Waals surface area contributed by atoms with Crippen molar-refractivity contribution in [2.75, 3.05) is 12.0 Å².